The Kier molecular flexibility index (Phi) is 5.72. The van der Waals surface area contributed by atoms with Crippen molar-refractivity contribution in [2.75, 3.05) is 13.7 Å². The molecule has 2 aromatic rings. The van der Waals surface area contributed by atoms with Gasteiger partial charge in [0.05, 0.1) is 6.61 Å². The summed E-state index contributed by atoms with van der Waals surface area (Å²) in [5.74, 6) is -0.103. The Labute approximate surface area is 129 Å². The van der Waals surface area contributed by atoms with E-state index >= 15 is 0 Å². The number of methoxy groups -OCH3 is 1. The number of hydrogen-bond donors (Lipinski definition) is 1. The molecule has 0 aliphatic carbocycles. The first kappa shape index (κ1) is 15.5. The van der Waals surface area contributed by atoms with E-state index in [1.807, 2.05) is 37.3 Å². The molecule has 1 heterocycles. The molecule has 0 radical (unpaired) electrons. The van der Waals surface area contributed by atoms with Crippen LogP contribution in [0.3, 0.4) is 0 Å². The molecule has 0 saturated heterocycles. The van der Waals surface area contributed by atoms with Gasteiger partial charge >= 0.3 is 0 Å². The van der Waals surface area contributed by atoms with Gasteiger partial charge in [0, 0.05) is 29.0 Å². The number of hydrogen-bond acceptors (Lipinski definition) is 3. The van der Waals surface area contributed by atoms with Crippen LogP contribution in [0.1, 0.15) is 11.8 Å². The summed E-state index contributed by atoms with van der Waals surface area (Å²) >= 11 is 1.67. The molecule has 1 aromatic carbocycles. The highest BCUT2D eigenvalue weighted by molar-refractivity contribution is 7.16. The number of rotatable bonds is 6. The van der Waals surface area contributed by atoms with E-state index in [0.717, 1.165) is 4.88 Å². The zero-order valence-electron chi connectivity index (χ0n) is 12.2. The number of carbonyl (C=O) groups is 1. The van der Waals surface area contributed by atoms with Crippen molar-refractivity contribution in [2.24, 2.45) is 0 Å². The van der Waals surface area contributed by atoms with Crippen LogP contribution in [-0.4, -0.2) is 25.7 Å². The first-order chi connectivity index (χ1) is 10.2. The van der Waals surface area contributed by atoms with Gasteiger partial charge in [-0.1, -0.05) is 30.3 Å². The Hall–Kier alpha value is -1.91. The quantitative estimate of drug-likeness (QED) is 0.828. The minimum Gasteiger partial charge on any atom is -0.383 e. The standard InChI is InChI=1S/C17H19NO2S/c1-13(12-20-2)18-17(19)11-9-15-8-10-16(21-15)14-6-4-3-5-7-14/h3-11,13H,12H2,1-2H3,(H,18,19)/b11-9+. The van der Waals surface area contributed by atoms with Gasteiger partial charge in [0.15, 0.2) is 0 Å². The zero-order chi connectivity index (χ0) is 15.1. The molecule has 1 N–H and O–H groups in total. The molecule has 1 unspecified atom stereocenters. The number of nitrogens with one attached hydrogen (secondary N) is 1. The third kappa shape index (κ3) is 4.85. The largest absolute Gasteiger partial charge is 0.383 e. The molecule has 0 aliphatic rings. The second kappa shape index (κ2) is 7.76. The lowest BCUT2D eigenvalue weighted by molar-refractivity contribution is -0.117. The summed E-state index contributed by atoms with van der Waals surface area (Å²) in [7, 11) is 1.62. The maximum atomic E-state index is 11.7. The molecule has 0 saturated carbocycles. The predicted octanol–water partition coefficient (Wildman–Crippen LogP) is 3.58. The van der Waals surface area contributed by atoms with Crippen LogP contribution in [0.2, 0.25) is 0 Å². The highest BCUT2D eigenvalue weighted by atomic mass is 32.1. The Balaban J connectivity index is 1.96. The van der Waals surface area contributed by atoms with Gasteiger partial charge in [-0.2, -0.15) is 0 Å². The molecule has 0 spiro atoms. The Bertz CT molecular complexity index is 604. The molecular weight excluding hydrogens is 282 g/mol. The maximum absolute atomic E-state index is 11.7. The van der Waals surface area contributed by atoms with Crippen molar-refractivity contribution in [3.63, 3.8) is 0 Å². The summed E-state index contributed by atoms with van der Waals surface area (Å²) < 4.78 is 4.98. The molecular formula is C17H19NO2S. The van der Waals surface area contributed by atoms with Gasteiger partial charge in [-0.15, -0.1) is 11.3 Å². The Morgan fingerprint density at radius 3 is 2.76 bits per heavy atom. The smallest absolute Gasteiger partial charge is 0.244 e. The van der Waals surface area contributed by atoms with Gasteiger partial charge < -0.3 is 10.1 Å². The van der Waals surface area contributed by atoms with Gasteiger partial charge in [0.25, 0.3) is 0 Å². The topological polar surface area (TPSA) is 38.3 Å². The van der Waals surface area contributed by atoms with Crippen molar-refractivity contribution in [2.45, 2.75) is 13.0 Å². The third-order valence-electron chi connectivity index (χ3n) is 2.89. The van der Waals surface area contributed by atoms with Gasteiger partial charge in [0.2, 0.25) is 5.91 Å². The highest BCUT2D eigenvalue weighted by Gasteiger charge is 2.04. The molecule has 0 aliphatic heterocycles. The molecule has 21 heavy (non-hydrogen) atoms. The molecule has 2 rings (SSSR count). The van der Waals surface area contributed by atoms with Crippen LogP contribution in [0.25, 0.3) is 16.5 Å². The average Bonchev–Trinajstić information content (AvgIpc) is 2.95. The van der Waals surface area contributed by atoms with E-state index in [0.29, 0.717) is 6.61 Å². The first-order valence-electron chi connectivity index (χ1n) is 6.82. The monoisotopic (exact) mass is 301 g/mol. The molecule has 1 amide bonds. The highest BCUT2D eigenvalue weighted by Crippen LogP contribution is 2.28. The SMILES string of the molecule is COCC(C)NC(=O)/C=C/c1ccc(-c2ccccc2)s1. The molecule has 110 valence electrons. The van der Waals surface area contributed by atoms with Crippen LogP contribution >= 0.6 is 11.3 Å². The predicted molar refractivity (Wildman–Crippen MR) is 88.3 cm³/mol. The van der Waals surface area contributed by atoms with Gasteiger partial charge in [0.1, 0.15) is 0 Å². The minimum absolute atomic E-state index is 0.00960. The van der Waals surface area contributed by atoms with E-state index in [2.05, 4.69) is 23.5 Å². The van der Waals surface area contributed by atoms with E-state index in [-0.39, 0.29) is 11.9 Å². The summed E-state index contributed by atoms with van der Waals surface area (Å²) in [4.78, 5) is 14.0. The molecule has 0 fully saturated rings. The average molecular weight is 301 g/mol. The van der Waals surface area contributed by atoms with Crippen LogP contribution in [0.5, 0.6) is 0 Å². The summed E-state index contributed by atoms with van der Waals surface area (Å²) in [6.45, 7) is 2.42. The van der Waals surface area contributed by atoms with Crippen molar-refractivity contribution in [3.8, 4) is 10.4 Å². The lowest BCUT2D eigenvalue weighted by Crippen LogP contribution is -2.34. The minimum atomic E-state index is -0.103. The summed E-state index contributed by atoms with van der Waals surface area (Å²) in [6, 6.07) is 14.3. The van der Waals surface area contributed by atoms with Crippen molar-refractivity contribution in [1.29, 1.82) is 0 Å². The van der Waals surface area contributed by atoms with Crippen LogP contribution in [-0.2, 0) is 9.53 Å². The van der Waals surface area contributed by atoms with Crippen molar-refractivity contribution >= 4 is 23.3 Å². The van der Waals surface area contributed by atoms with E-state index in [1.54, 1.807) is 24.5 Å². The number of carbonyl (C=O) groups excluding carboxylic acids is 1. The molecule has 3 nitrogen and oxygen atoms in total. The summed E-state index contributed by atoms with van der Waals surface area (Å²) in [5.41, 5.74) is 1.19. The van der Waals surface area contributed by atoms with Gasteiger partial charge in [-0.05, 0) is 30.7 Å². The molecule has 1 aromatic heterocycles. The van der Waals surface area contributed by atoms with Crippen molar-refractivity contribution < 1.29 is 9.53 Å². The summed E-state index contributed by atoms with van der Waals surface area (Å²) in [6.07, 6.45) is 3.40. The number of benzene rings is 1. The van der Waals surface area contributed by atoms with Crippen LogP contribution in [0, 0.1) is 0 Å². The summed E-state index contributed by atoms with van der Waals surface area (Å²) in [5, 5.41) is 2.84. The molecule has 4 heteroatoms. The second-order valence-corrected chi connectivity index (χ2v) is 5.88. The fourth-order valence-corrected chi connectivity index (χ4v) is 2.86. The second-order valence-electron chi connectivity index (χ2n) is 4.77. The maximum Gasteiger partial charge on any atom is 0.244 e. The van der Waals surface area contributed by atoms with E-state index < -0.39 is 0 Å². The van der Waals surface area contributed by atoms with Crippen molar-refractivity contribution in [3.05, 3.63) is 53.4 Å². The Morgan fingerprint density at radius 1 is 1.29 bits per heavy atom. The van der Waals surface area contributed by atoms with Gasteiger partial charge in [-0.3, -0.25) is 4.79 Å². The van der Waals surface area contributed by atoms with E-state index in [4.69, 9.17) is 4.74 Å². The van der Waals surface area contributed by atoms with E-state index in [9.17, 15) is 4.79 Å². The fraction of sp³-hybridized carbons (Fsp3) is 0.235. The lowest BCUT2D eigenvalue weighted by atomic mass is 10.2. The van der Waals surface area contributed by atoms with Crippen LogP contribution < -0.4 is 5.32 Å². The van der Waals surface area contributed by atoms with E-state index in [1.165, 1.54) is 10.4 Å². The van der Waals surface area contributed by atoms with Gasteiger partial charge in [-0.25, -0.2) is 0 Å². The molecule has 0 bridgehead atoms. The first-order valence-corrected chi connectivity index (χ1v) is 7.63. The molecule has 1 atom stereocenters. The normalized spacial score (nSPS) is 12.5. The number of ether oxygens (including phenoxy) is 1. The fourth-order valence-electron chi connectivity index (χ4n) is 1.94. The Morgan fingerprint density at radius 2 is 2.05 bits per heavy atom. The van der Waals surface area contributed by atoms with Crippen molar-refractivity contribution in [1.82, 2.24) is 5.32 Å². The zero-order valence-corrected chi connectivity index (χ0v) is 13.0. The lowest BCUT2D eigenvalue weighted by Gasteiger charge is -2.10. The third-order valence-corrected chi connectivity index (χ3v) is 3.99. The van der Waals surface area contributed by atoms with Crippen LogP contribution in [0.4, 0.5) is 0 Å². The number of amides is 1. The number of thiophene rings is 1. The van der Waals surface area contributed by atoms with Crippen LogP contribution in [0.15, 0.2) is 48.5 Å².